The van der Waals surface area contributed by atoms with Gasteiger partial charge in [0.2, 0.25) is 0 Å². The Morgan fingerprint density at radius 1 is 1.37 bits per heavy atom. The van der Waals surface area contributed by atoms with Gasteiger partial charge in [-0.25, -0.2) is 9.59 Å². The van der Waals surface area contributed by atoms with E-state index in [0.717, 1.165) is 18.4 Å². The van der Waals surface area contributed by atoms with E-state index >= 15 is 0 Å². The topological polar surface area (TPSA) is 90.3 Å². The molecule has 2 N–H and O–H groups in total. The first-order valence-corrected chi connectivity index (χ1v) is 6.24. The summed E-state index contributed by atoms with van der Waals surface area (Å²) in [5.74, 6) is -1.63. The number of aliphatic carboxylic acids is 2. The lowest BCUT2D eigenvalue weighted by atomic mass is 10.0. The van der Waals surface area contributed by atoms with Crippen molar-refractivity contribution in [2.24, 2.45) is 5.92 Å². The predicted molar refractivity (Wildman–Crippen MR) is 64.9 cm³/mol. The third-order valence-corrected chi connectivity index (χ3v) is 3.64. The molecule has 3 heterocycles. The van der Waals surface area contributed by atoms with Gasteiger partial charge in [-0.1, -0.05) is 0 Å². The minimum atomic E-state index is -1.82. The highest BCUT2D eigenvalue weighted by atomic mass is 16.5. The lowest BCUT2D eigenvalue weighted by Gasteiger charge is -2.31. The largest absolute Gasteiger partial charge is 0.476 e. The van der Waals surface area contributed by atoms with Gasteiger partial charge in [0, 0.05) is 19.3 Å². The zero-order chi connectivity index (χ0) is 14.0. The first-order valence-electron chi connectivity index (χ1n) is 6.24. The van der Waals surface area contributed by atoms with Crippen LogP contribution in [-0.2, 0) is 14.3 Å². The van der Waals surface area contributed by atoms with Crippen LogP contribution in [0.5, 0.6) is 0 Å². The number of piperidine rings is 1. The van der Waals surface area contributed by atoms with Crippen molar-refractivity contribution in [3.63, 3.8) is 0 Å². The number of hydrogen-bond acceptors (Lipinski definition) is 5. The summed E-state index contributed by atoms with van der Waals surface area (Å²) in [7, 11) is 0. The second-order valence-corrected chi connectivity index (χ2v) is 5.00. The van der Waals surface area contributed by atoms with Gasteiger partial charge in [0.1, 0.15) is 5.76 Å². The molecule has 7 nitrogen and oxygen atoms in total. The highest BCUT2D eigenvalue weighted by Gasteiger charge is 2.40. The molecule has 2 bridgehead atoms. The van der Waals surface area contributed by atoms with Crippen LogP contribution < -0.4 is 0 Å². The van der Waals surface area contributed by atoms with E-state index in [0.29, 0.717) is 6.17 Å². The molecule has 7 heteroatoms. The summed E-state index contributed by atoms with van der Waals surface area (Å²) in [6.45, 7) is 5.40. The second kappa shape index (κ2) is 5.48. The molecule has 3 atom stereocenters. The minimum Gasteiger partial charge on any atom is -0.476 e. The molecule has 3 aliphatic rings. The Bertz CT molecular complexity index is 397. The lowest BCUT2D eigenvalue weighted by Crippen LogP contribution is -2.41. The molecular formula is C12H18N2O5. The molecule has 0 radical (unpaired) electrons. The monoisotopic (exact) mass is 270 g/mol. The van der Waals surface area contributed by atoms with Crippen LogP contribution in [0, 0.1) is 5.92 Å². The molecule has 0 spiro atoms. The van der Waals surface area contributed by atoms with E-state index in [-0.39, 0.29) is 0 Å². The Morgan fingerprint density at radius 3 is 2.42 bits per heavy atom. The fourth-order valence-corrected chi connectivity index (χ4v) is 2.77. The molecule has 0 saturated carbocycles. The van der Waals surface area contributed by atoms with E-state index in [4.69, 9.17) is 24.5 Å². The van der Waals surface area contributed by atoms with Crippen molar-refractivity contribution in [3.8, 4) is 0 Å². The van der Waals surface area contributed by atoms with Crippen molar-refractivity contribution in [1.29, 1.82) is 0 Å². The Kier molecular flexibility index (Phi) is 3.94. The van der Waals surface area contributed by atoms with E-state index < -0.39 is 11.9 Å². The van der Waals surface area contributed by atoms with E-state index in [1.807, 2.05) is 6.92 Å². The molecule has 3 aliphatic heterocycles. The Morgan fingerprint density at radius 2 is 2.05 bits per heavy atom. The summed E-state index contributed by atoms with van der Waals surface area (Å²) < 4.78 is 5.45. The number of rotatable bonds is 1. The lowest BCUT2D eigenvalue weighted by molar-refractivity contribution is -0.159. The fourth-order valence-electron chi connectivity index (χ4n) is 2.77. The molecule has 106 valence electrons. The molecule has 19 heavy (non-hydrogen) atoms. The van der Waals surface area contributed by atoms with Crippen LogP contribution in [0.4, 0.5) is 0 Å². The van der Waals surface area contributed by atoms with Gasteiger partial charge in [-0.2, -0.15) is 0 Å². The summed E-state index contributed by atoms with van der Waals surface area (Å²) in [4.78, 5) is 23.1. The number of nitrogens with zero attached hydrogens (tertiary/aromatic N) is 2. The van der Waals surface area contributed by atoms with E-state index in [1.165, 1.54) is 25.9 Å². The molecule has 0 aromatic carbocycles. The summed E-state index contributed by atoms with van der Waals surface area (Å²) in [5.41, 5.74) is 0. The quantitative estimate of drug-likeness (QED) is 0.664. The highest BCUT2D eigenvalue weighted by Crippen LogP contribution is 2.35. The minimum absolute atomic E-state index is 0.635. The molecule has 0 amide bonds. The Balaban J connectivity index is 0.000000192. The third kappa shape index (κ3) is 3.17. The van der Waals surface area contributed by atoms with Crippen molar-refractivity contribution in [1.82, 2.24) is 9.80 Å². The standard InChI is InChI=1S/C10H16N2O.C2H2O4/c1-8-5-12(7-13-8)10-4-9-2-3-11(10)6-9;3-1(4)2(5)6/h5,9-10H,2-4,6-7H2,1H3;(H,3,4)(H,5,6). The van der Waals surface area contributed by atoms with Crippen LogP contribution in [0.15, 0.2) is 12.0 Å². The SMILES string of the molecule is CC1=CN(C2CC3CCN2C3)CO1.O=C(O)C(=O)O. The summed E-state index contributed by atoms with van der Waals surface area (Å²) in [5, 5.41) is 14.8. The maximum Gasteiger partial charge on any atom is 0.414 e. The molecule has 0 aliphatic carbocycles. The number of carboxylic acids is 2. The fraction of sp³-hybridized carbons (Fsp3) is 0.667. The number of carbonyl (C=O) groups is 2. The van der Waals surface area contributed by atoms with E-state index in [2.05, 4.69) is 16.0 Å². The van der Waals surface area contributed by atoms with Crippen LogP contribution in [0.25, 0.3) is 0 Å². The van der Waals surface area contributed by atoms with Gasteiger partial charge in [-0.15, -0.1) is 0 Å². The molecule has 3 unspecified atom stereocenters. The van der Waals surface area contributed by atoms with Crippen LogP contribution in [0.1, 0.15) is 19.8 Å². The van der Waals surface area contributed by atoms with Gasteiger partial charge in [-0.05, 0) is 25.7 Å². The molecule has 3 rings (SSSR count). The average Bonchev–Trinajstić information content (AvgIpc) is 3.04. The number of fused-ring (bicyclic) bond motifs is 2. The average molecular weight is 270 g/mol. The summed E-state index contributed by atoms with van der Waals surface area (Å²) in [6.07, 6.45) is 5.54. The van der Waals surface area contributed by atoms with Crippen molar-refractivity contribution in [2.45, 2.75) is 25.9 Å². The van der Waals surface area contributed by atoms with Gasteiger partial charge in [0.25, 0.3) is 0 Å². The summed E-state index contributed by atoms with van der Waals surface area (Å²) in [6, 6.07) is 0. The van der Waals surface area contributed by atoms with Crippen LogP contribution >= 0.6 is 0 Å². The number of carboxylic acid groups (broad SMARTS) is 2. The molecular weight excluding hydrogens is 252 g/mol. The van der Waals surface area contributed by atoms with Crippen molar-refractivity contribution in [3.05, 3.63) is 12.0 Å². The normalized spacial score (nSPS) is 31.3. The van der Waals surface area contributed by atoms with E-state index in [9.17, 15) is 0 Å². The Hall–Kier alpha value is -1.76. The van der Waals surface area contributed by atoms with Crippen molar-refractivity contribution < 1.29 is 24.5 Å². The van der Waals surface area contributed by atoms with Crippen molar-refractivity contribution >= 4 is 11.9 Å². The summed E-state index contributed by atoms with van der Waals surface area (Å²) >= 11 is 0. The first kappa shape index (κ1) is 13.7. The second-order valence-electron chi connectivity index (χ2n) is 5.00. The number of ether oxygens (including phenoxy) is 1. The predicted octanol–water partition coefficient (Wildman–Crippen LogP) is 0.345. The van der Waals surface area contributed by atoms with Gasteiger partial charge < -0.3 is 19.8 Å². The molecule has 2 fully saturated rings. The zero-order valence-electron chi connectivity index (χ0n) is 10.8. The highest BCUT2D eigenvalue weighted by molar-refractivity contribution is 6.27. The zero-order valence-corrected chi connectivity index (χ0v) is 10.8. The van der Waals surface area contributed by atoms with Gasteiger partial charge in [0.05, 0.1) is 6.17 Å². The Labute approximate surface area is 111 Å². The number of hydrogen-bond donors (Lipinski definition) is 2. The van der Waals surface area contributed by atoms with E-state index in [1.54, 1.807) is 0 Å². The van der Waals surface area contributed by atoms with Gasteiger partial charge in [0.15, 0.2) is 6.73 Å². The smallest absolute Gasteiger partial charge is 0.414 e. The molecule has 0 aromatic rings. The van der Waals surface area contributed by atoms with Crippen LogP contribution in [0.3, 0.4) is 0 Å². The third-order valence-electron chi connectivity index (χ3n) is 3.64. The van der Waals surface area contributed by atoms with Crippen molar-refractivity contribution in [2.75, 3.05) is 19.8 Å². The first-order chi connectivity index (χ1) is 8.97. The molecule has 0 aromatic heterocycles. The maximum absolute atomic E-state index is 9.10. The van der Waals surface area contributed by atoms with Gasteiger partial charge >= 0.3 is 11.9 Å². The number of allylic oxidation sites excluding steroid dienone is 1. The van der Waals surface area contributed by atoms with Gasteiger partial charge in [-0.3, -0.25) is 4.90 Å². The van der Waals surface area contributed by atoms with Crippen LogP contribution in [-0.4, -0.2) is 57.9 Å². The van der Waals surface area contributed by atoms with Crippen LogP contribution in [0.2, 0.25) is 0 Å². The molecule has 2 saturated heterocycles. The maximum atomic E-state index is 9.10.